The molecule has 4 rings (SSSR count). The number of piperazine rings is 1. The van der Waals surface area contributed by atoms with Gasteiger partial charge in [-0.25, -0.2) is 17.2 Å². The zero-order valence-corrected chi connectivity index (χ0v) is 18.5. The van der Waals surface area contributed by atoms with Crippen LogP contribution in [0.4, 0.5) is 20.2 Å². The predicted octanol–water partition coefficient (Wildman–Crippen LogP) is 2.51. The molecule has 172 valence electrons. The molecule has 0 atom stereocenters. The Morgan fingerprint density at radius 2 is 1.56 bits per heavy atom. The Bertz CT molecular complexity index is 1070. The monoisotopic (exact) mass is 464 g/mol. The third kappa shape index (κ3) is 5.08. The molecule has 2 fully saturated rings. The van der Waals surface area contributed by atoms with E-state index in [0.29, 0.717) is 24.8 Å². The molecule has 0 aromatic heterocycles. The minimum Gasteiger partial charge on any atom is -0.372 e. The first-order chi connectivity index (χ1) is 15.3. The first-order valence-electron chi connectivity index (χ1n) is 10.7. The third-order valence-corrected chi connectivity index (χ3v) is 7.75. The van der Waals surface area contributed by atoms with Gasteiger partial charge in [-0.1, -0.05) is 0 Å². The van der Waals surface area contributed by atoms with Crippen molar-refractivity contribution in [2.24, 2.45) is 0 Å². The van der Waals surface area contributed by atoms with Gasteiger partial charge in [0.2, 0.25) is 15.9 Å². The summed E-state index contributed by atoms with van der Waals surface area (Å²) < 4.78 is 53.8. The zero-order chi connectivity index (χ0) is 22.7. The molecule has 0 radical (unpaired) electrons. The Balaban J connectivity index is 1.29. The van der Waals surface area contributed by atoms with E-state index in [0.717, 1.165) is 35.2 Å². The molecule has 32 heavy (non-hydrogen) atoms. The van der Waals surface area contributed by atoms with Crippen molar-refractivity contribution in [2.75, 3.05) is 56.0 Å². The minimum atomic E-state index is -4.14. The number of halogens is 2. The van der Waals surface area contributed by atoms with E-state index in [1.807, 2.05) is 29.2 Å². The molecule has 2 aliphatic heterocycles. The van der Waals surface area contributed by atoms with Gasteiger partial charge in [-0.05, 0) is 55.3 Å². The van der Waals surface area contributed by atoms with Gasteiger partial charge in [-0.3, -0.25) is 9.69 Å². The largest absolute Gasteiger partial charge is 0.372 e. The van der Waals surface area contributed by atoms with Gasteiger partial charge >= 0.3 is 0 Å². The van der Waals surface area contributed by atoms with Crippen LogP contribution >= 0.6 is 0 Å². The highest BCUT2D eigenvalue weighted by molar-refractivity contribution is 7.89. The fraction of sp³-hybridized carbons (Fsp3) is 0.409. The number of amides is 1. The van der Waals surface area contributed by atoms with Gasteiger partial charge in [-0.2, -0.15) is 4.31 Å². The van der Waals surface area contributed by atoms with Gasteiger partial charge in [-0.15, -0.1) is 0 Å². The van der Waals surface area contributed by atoms with Crippen molar-refractivity contribution in [3.8, 4) is 0 Å². The van der Waals surface area contributed by atoms with E-state index in [1.165, 1.54) is 12.8 Å². The molecule has 0 unspecified atom stereocenters. The van der Waals surface area contributed by atoms with Crippen molar-refractivity contribution in [2.45, 2.75) is 17.7 Å². The molecule has 1 amide bonds. The number of nitrogens with one attached hydrogen (secondary N) is 1. The van der Waals surface area contributed by atoms with Crippen LogP contribution in [0.2, 0.25) is 0 Å². The predicted molar refractivity (Wildman–Crippen MR) is 118 cm³/mol. The van der Waals surface area contributed by atoms with Crippen LogP contribution in [-0.2, 0) is 14.8 Å². The van der Waals surface area contributed by atoms with E-state index in [2.05, 4.69) is 10.2 Å². The van der Waals surface area contributed by atoms with E-state index in [-0.39, 0.29) is 25.5 Å². The second-order valence-corrected chi connectivity index (χ2v) is 9.95. The number of nitrogens with zero attached hydrogens (tertiary/aromatic N) is 3. The highest BCUT2D eigenvalue weighted by atomic mass is 32.2. The number of hydrogen-bond acceptors (Lipinski definition) is 5. The number of hydrogen-bond donors (Lipinski definition) is 1. The Morgan fingerprint density at radius 3 is 2.22 bits per heavy atom. The molecule has 2 heterocycles. The van der Waals surface area contributed by atoms with E-state index < -0.39 is 26.6 Å². The SMILES string of the molecule is O=C(CN1CCN(S(=O)(=O)c2cc(F)ccc2F)CC1)Nc1ccc(N2CCCC2)cc1. The van der Waals surface area contributed by atoms with Crippen molar-refractivity contribution >= 4 is 27.3 Å². The Morgan fingerprint density at radius 1 is 0.906 bits per heavy atom. The Kier molecular flexibility index (Phi) is 6.73. The molecule has 0 spiro atoms. The molecule has 2 aromatic carbocycles. The zero-order valence-electron chi connectivity index (χ0n) is 17.6. The fourth-order valence-electron chi connectivity index (χ4n) is 4.08. The quantitative estimate of drug-likeness (QED) is 0.711. The maximum atomic E-state index is 14.0. The fourth-order valence-corrected chi connectivity index (χ4v) is 5.57. The Hall–Kier alpha value is -2.56. The maximum Gasteiger partial charge on any atom is 0.246 e. The molecule has 0 aliphatic carbocycles. The second-order valence-electron chi connectivity index (χ2n) is 8.04. The summed E-state index contributed by atoms with van der Waals surface area (Å²) in [6.45, 7) is 3.05. The van der Waals surface area contributed by atoms with Crippen LogP contribution < -0.4 is 10.2 Å². The number of carbonyl (C=O) groups excluding carboxylic acids is 1. The molecule has 2 aliphatic rings. The van der Waals surface area contributed by atoms with E-state index in [1.54, 1.807) is 0 Å². The van der Waals surface area contributed by atoms with Gasteiger partial charge in [0.15, 0.2) is 0 Å². The maximum absolute atomic E-state index is 14.0. The summed E-state index contributed by atoms with van der Waals surface area (Å²) in [5.41, 5.74) is 1.85. The standard InChI is InChI=1S/C22H26F2N4O3S/c23-17-3-8-20(24)21(15-17)32(30,31)28-13-11-26(12-14-28)16-22(29)25-18-4-6-19(7-5-18)27-9-1-2-10-27/h3-8,15H,1-2,9-14,16H2,(H,25,29). The van der Waals surface area contributed by atoms with E-state index in [4.69, 9.17) is 0 Å². The van der Waals surface area contributed by atoms with Crippen molar-refractivity contribution in [3.63, 3.8) is 0 Å². The Labute approximate surface area is 186 Å². The normalized spacial score (nSPS) is 18.1. The first kappa shape index (κ1) is 22.6. The van der Waals surface area contributed by atoms with Gasteiger partial charge in [0, 0.05) is 50.6 Å². The van der Waals surface area contributed by atoms with Crippen molar-refractivity contribution < 1.29 is 22.0 Å². The lowest BCUT2D eigenvalue weighted by Gasteiger charge is -2.33. The van der Waals surface area contributed by atoms with E-state index >= 15 is 0 Å². The summed E-state index contributed by atoms with van der Waals surface area (Å²) in [5.74, 6) is -1.98. The molecular formula is C22H26F2N4O3S. The molecular weight excluding hydrogens is 438 g/mol. The van der Waals surface area contributed by atoms with Crippen LogP contribution in [0.25, 0.3) is 0 Å². The van der Waals surface area contributed by atoms with Crippen LogP contribution in [0.3, 0.4) is 0 Å². The molecule has 2 aromatic rings. The number of carbonyl (C=O) groups is 1. The average molecular weight is 465 g/mol. The van der Waals surface area contributed by atoms with Crippen LogP contribution in [0.1, 0.15) is 12.8 Å². The van der Waals surface area contributed by atoms with Crippen molar-refractivity contribution in [1.29, 1.82) is 0 Å². The highest BCUT2D eigenvalue weighted by Crippen LogP contribution is 2.23. The average Bonchev–Trinajstić information content (AvgIpc) is 3.31. The number of benzene rings is 2. The minimum absolute atomic E-state index is 0.0934. The topological polar surface area (TPSA) is 73.0 Å². The molecule has 1 N–H and O–H groups in total. The second kappa shape index (κ2) is 9.51. The van der Waals surface area contributed by atoms with Gasteiger partial charge in [0.05, 0.1) is 6.54 Å². The summed E-state index contributed by atoms with van der Waals surface area (Å²) in [4.78, 5) is 15.9. The number of sulfonamides is 1. The lowest BCUT2D eigenvalue weighted by atomic mass is 10.2. The summed E-state index contributed by atoms with van der Waals surface area (Å²) in [7, 11) is -4.14. The molecule has 0 bridgehead atoms. The lowest BCUT2D eigenvalue weighted by molar-refractivity contribution is -0.117. The summed E-state index contributed by atoms with van der Waals surface area (Å²) in [5, 5.41) is 2.87. The smallest absolute Gasteiger partial charge is 0.246 e. The molecule has 7 nitrogen and oxygen atoms in total. The summed E-state index contributed by atoms with van der Waals surface area (Å²) in [6.07, 6.45) is 2.40. The summed E-state index contributed by atoms with van der Waals surface area (Å²) in [6, 6.07) is 10.1. The lowest BCUT2D eigenvalue weighted by Crippen LogP contribution is -2.50. The van der Waals surface area contributed by atoms with Gasteiger partial charge in [0.25, 0.3) is 0 Å². The summed E-state index contributed by atoms with van der Waals surface area (Å²) >= 11 is 0. The van der Waals surface area contributed by atoms with Crippen LogP contribution in [0.15, 0.2) is 47.4 Å². The molecule has 2 saturated heterocycles. The molecule has 0 saturated carbocycles. The number of rotatable bonds is 6. The molecule has 10 heteroatoms. The number of anilines is 2. The van der Waals surface area contributed by atoms with Gasteiger partial charge < -0.3 is 10.2 Å². The van der Waals surface area contributed by atoms with Crippen LogP contribution in [0, 0.1) is 11.6 Å². The van der Waals surface area contributed by atoms with Crippen molar-refractivity contribution in [3.05, 3.63) is 54.1 Å². The highest BCUT2D eigenvalue weighted by Gasteiger charge is 2.31. The van der Waals surface area contributed by atoms with Crippen LogP contribution in [0.5, 0.6) is 0 Å². The first-order valence-corrected chi connectivity index (χ1v) is 12.1. The van der Waals surface area contributed by atoms with Gasteiger partial charge in [0.1, 0.15) is 16.5 Å². The van der Waals surface area contributed by atoms with Crippen molar-refractivity contribution in [1.82, 2.24) is 9.21 Å². The van der Waals surface area contributed by atoms with E-state index in [9.17, 15) is 22.0 Å². The third-order valence-electron chi connectivity index (χ3n) is 5.83. The van der Waals surface area contributed by atoms with Crippen LogP contribution in [-0.4, -0.2) is 69.3 Å².